The molecule has 0 unspecified atom stereocenters. The first-order valence-electron chi connectivity index (χ1n) is 5.74. The van der Waals surface area contributed by atoms with E-state index in [0.29, 0.717) is 18.8 Å². The molecule has 0 spiro atoms. The average Bonchev–Trinajstić information content (AvgIpc) is 2.91. The van der Waals surface area contributed by atoms with Crippen LogP contribution in [0.15, 0.2) is 30.6 Å². The Bertz CT molecular complexity index is 530. The number of nitrogens with zero attached hydrogens (tertiary/aromatic N) is 2. The first-order chi connectivity index (χ1) is 9.25. The van der Waals surface area contributed by atoms with Gasteiger partial charge in [-0.15, -0.1) is 0 Å². The number of aromatic nitrogens is 3. The average molecular weight is 264 g/mol. The Labute approximate surface area is 109 Å². The van der Waals surface area contributed by atoms with Crippen LogP contribution in [0.4, 0.5) is 4.39 Å². The zero-order valence-electron chi connectivity index (χ0n) is 10.1. The molecule has 1 amide bonds. The van der Waals surface area contributed by atoms with Gasteiger partial charge in [0, 0.05) is 13.0 Å². The minimum Gasteiger partial charge on any atom is -0.481 e. The van der Waals surface area contributed by atoms with E-state index in [4.69, 9.17) is 4.74 Å². The number of carbonyl (C=O) groups is 1. The fourth-order valence-corrected chi connectivity index (χ4v) is 1.43. The second kappa shape index (κ2) is 6.48. The quantitative estimate of drug-likeness (QED) is 0.804. The summed E-state index contributed by atoms with van der Waals surface area (Å²) in [5, 5.41) is 9.01. The summed E-state index contributed by atoms with van der Waals surface area (Å²) in [7, 11) is 0. The van der Waals surface area contributed by atoms with Crippen molar-refractivity contribution in [3.05, 3.63) is 42.2 Å². The normalized spacial score (nSPS) is 10.2. The molecule has 0 bridgehead atoms. The standard InChI is InChI=1S/C12H13FN4O2/c13-9-3-1-2-4-10(9)19-7-12(18)14-6-5-11-15-8-16-17-11/h1-4,8H,5-7H2,(H,14,18)(H,15,16,17). The Kier molecular flexibility index (Phi) is 4.44. The van der Waals surface area contributed by atoms with Crippen LogP contribution in [0.2, 0.25) is 0 Å². The van der Waals surface area contributed by atoms with E-state index in [1.807, 2.05) is 0 Å². The van der Waals surface area contributed by atoms with Crippen molar-refractivity contribution < 1.29 is 13.9 Å². The SMILES string of the molecule is O=C(COc1ccccc1F)NCCc1ncn[nH]1. The van der Waals surface area contributed by atoms with E-state index >= 15 is 0 Å². The highest BCUT2D eigenvalue weighted by atomic mass is 19.1. The molecule has 100 valence electrons. The van der Waals surface area contributed by atoms with Gasteiger partial charge in [0.05, 0.1) is 0 Å². The molecule has 0 aliphatic carbocycles. The highest BCUT2D eigenvalue weighted by molar-refractivity contribution is 5.77. The molecule has 0 saturated carbocycles. The monoisotopic (exact) mass is 264 g/mol. The topological polar surface area (TPSA) is 79.9 Å². The molecular weight excluding hydrogens is 251 g/mol. The molecule has 0 saturated heterocycles. The van der Waals surface area contributed by atoms with Gasteiger partial charge in [-0.25, -0.2) is 9.37 Å². The number of nitrogens with one attached hydrogen (secondary N) is 2. The van der Waals surface area contributed by atoms with E-state index in [0.717, 1.165) is 0 Å². The van der Waals surface area contributed by atoms with Crippen molar-refractivity contribution >= 4 is 5.91 Å². The van der Waals surface area contributed by atoms with E-state index < -0.39 is 5.82 Å². The summed E-state index contributed by atoms with van der Waals surface area (Å²) in [6.07, 6.45) is 1.95. The summed E-state index contributed by atoms with van der Waals surface area (Å²) in [5.74, 6) is -0.0528. The van der Waals surface area contributed by atoms with Crippen molar-refractivity contribution in [1.29, 1.82) is 0 Å². The maximum absolute atomic E-state index is 13.2. The number of rotatable bonds is 6. The highest BCUT2D eigenvalue weighted by Crippen LogP contribution is 2.14. The Balaban J connectivity index is 1.69. The lowest BCUT2D eigenvalue weighted by atomic mass is 10.3. The number of carbonyl (C=O) groups excluding carboxylic acids is 1. The van der Waals surface area contributed by atoms with Gasteiger partial charge in [0.15, 0.2) is 18.2 Å². The van der Waals surface area contributed by atoms with Crippen LogP contribution in [0.25, 0.3) is 0 Å². The number of para-hydroxylation sites is 1. The molecule has 7 heteroatoms. The maximum atomic E-state index is 13.2. The Morgan fingerprint density at radius 1 is 1.42 bits per heavy atom. The number of benzene rings is 1. The fourth-order valence-electron chi connectivity index (χ4n) is 1.43. The molecule has 1 aromatic heterocycles. The summed E-state index contributed by atoms with van der Waals surface area (Å²) < 4.78 is 18.3. The molecule has 19 heavy (non-hydrogen) atoms. The van der Waals surface area contributed by atoms with Gasteiger partial charge >= 0.3 is 0 Å². The van der Waals surface area contributed by atoms with Crippen molar-refractivity contribution in [2.24, 2.45) is 0 Å². The summed E-state index contributed by atoms with van der Waals surface area (Å²) >= 11 is 0. The van der Waals surface area contributed by atoms with Crippen molar-refractivity contribution in [3.8, 4) is 5.75 Å². The Morgan fingerprint density at radius 2 is 2.26 bits per heavy atom. The molecular formula is C12H13FN4O2. The smallest absolute Gasteiger partial charge is 0.257 e. The molecule has 1 aromatic carbocycles. The van der Waals surface area contributed by atoms with E-state index in [1.165, 1.54) is 18.5 Å². The Morgan fingerprint density at radius 3 is 3.00 bits per heavy atom. The van der Waals surface area contributed by atoms with Gasteiger partial charge < -0.3 is 10.1 Å². The summed E-state index contributed by atoms with van der Waals surface area (Å²) in [5.41, 5.74) is 0. The van der Waals surface area contributed by atoms with E-state index in [-0.39, 0.29) is 18.3 Å². The van der Waals surface area contributed by atoms with Crippen LogP contribution < -0.4 is 10.1 Å². The van der Waals surface area contributed by atoms with E-state index in [2.05, 4.69) is 20.5 Å². The minimum absolute atomic E-state index is 0.0629. The molecule has 0 aliphatic heterocycles. The Hall–Kier alpha value is -2.44. The van der Waals surface area contributed by atoms with Crippen LogP contribution in [-0.4, -0.2) is 34.2 Å². The number of aromatic amines is 1. The van der Waals surface area contributed by atoms with Crippen molar-refractivity contribution in [2.45, 2.75) is 6.42 Å². The zero-order valence-corrected chi connectivity index (χ0v) is 10.1. The third-order valence-corrected chi connectivity index (χ3v) is 2.34. The molecule has 0 atom stereocenters. The molecule has 2 N–H and O–H groups in total. The molecule has 0 aliphatic rings. The van der Waals surface area contributed by atoms with Crippen LogP contribution in [0.1, 0.15) is 5.82 Å². The molecule has 0 radical (unpaired) electrons. The summed E-state index contributed by atoms with van der Waals surface area (Å²) in [6, 6.07) is 5.94. The predicted molar refractivity (Wildman–Crippen MR) is 65.0 cm³/mol. The van der Waals surface area contributed by atoms with Gasteiger partial charge in [-0.3, -0.25) is 9.89 Å². The number of H-pyrrole nitrogens is 1. The van der Waals surface area contributed by atoms with Crippen LogP contribution in [0.3, 0.4) is 0 Å². The second-order valence-corrected chi connectivity index (χ2v) is 3.75. The molecule has 0 fully saturated rings. The molecule has 1 heterocycles. The second-order valence-electron chi connectivity index (χ2n) is 3.75. The first-order valence-corrected chi connectivity index (χ1v) is 5.74. The number of hydrogen-bond donors (Lipinski definition) is 2. The van der Waals surface area contributed by atoms with Crippen molar-refractivity contribution in [2.75, 3.05) is 13.2 Å². The highest BCUT2D eigenvalue weighted by Gasteiger charge is 2.06. The van der Waals surface area contributed by atoms with Gasteiger partial charge in [0.2, 0.25) is 0 Å². The zero-order chi connectivity index (χ0) is 13.5. The number of halogens is 1. The molecule has 6 nitrogen and oxygen atoms in total. The lowest BCUT2D eigenvalue weighted by molar-refractivity contribution is -0.123. The molecule has 2 rings (SSSR count). The number of hydrogen-bond acceptors (Lipinski definition) is 4. The lowest BCUT2D eigenvalue weighted by Gasteiger charge is -2.07. The van der Waals surface area contributed by atoms with Crippen LogP contribution >= 0.6 is 0 Å². The first kappa shape index (κ1) is 13.0. The number of ether oxygens (including phenoxy) is 1. The van der Waals surface area contributed by atoms with Gasteiger partial charge in [0.25, 0.3) is 5.91 Å². The van der Waals surface area contributed by atoms with E-state index in [1.54, 1.807) is 12.1 Å². The maximum Gasteiger partial charge on any atom is 0.257 e. The van der Waals surface area contributed by atoms with E-state index in [9.17, 15) is 9.18 Å². The van der Waals surface area contributed by atoms with Crippen LogP contribution in [-0.2, 0) is 11.2 Å². The lowest BCUT2D eigenvalue weighted by Crippen LogP contribution is -2.30. The van der Waals surface area contributed by atoms with Gasteiger partial charge in [-0.2, -0.15) is 5.10 Å². The van der Waals surface area contributed by atoms with Crippen molar-refractivity contribution in [3.63, 3.8) is 0 Å². The largest absolute Gasteiger partial charge is 0.481 e. The number of amides is 1. The summed E-state index contributed by atoms with van der Waals surface area (Å²) in [4.78, 5) is 15.4. The summed E-state index contributed by atoms with van der Waals surface area (Å²) in [6.45, 7) is 0.187. The molecule has 2 aromatic rings. The van der Waals surface area contributed by atoms with Crippen molar-refractivity contribution in [1.82, 2.24) is 20.5 Å². The third kappa shape index (κ3) is 4.06. The fraction of sp³-hybridized carbons (Fsp3) is 0.250. The predicted octanol–water partition coefficient (Wildman–Crippen LogP) is 0.681. The van der Waals surface area contributed by atoms with Crippen LogP contribution in [0, 0.1) is 5.82 Å². The van der Waals surface area contributed by atoms with Gasteiger partial charge in [-0.05, 0) is 12.1 Å². The van der Waals surface area contributed by atoms with Gasteiger partial charge in [-0.1, -0.05) is 12.1 Å². The van der Waals surface area contributed by atoms with Crippen LogP contribution in [0.5, 0.6) is 5.75 Å². The van der Waals surface area contributed by atoms with Gasteiger partial charge in [0.1, 0.15) is 12.2 Å². The third-order valence-electron chi connectivity index (χ3n) is 2.34. The minimum atomic E-state index is -0.489.